The highest BCUT2D eigenvalue weighted by Gasteiger charge is 2.31. The molecule has 0 radical (unpaired) electrons. The molecule has 124 valence electrons. The summed E-state index contributed by atoms with van der Waals surface area (Å²) in [7, 11) is 0. The van der Waals surface area contributed by atoms with Gasteiger partial charge in [0.1, 0.15) is 0 Å². The minimum absolute atomic E-state index is 0. The van der Waals surface area contributed by atoms with E-state index in [2.05, 4.69) is 34.2 Å². The Morgan fingerprint density at radius 3 is 2.32 bits per heavy atom. The molecule has 1 unspecified atom stereocenters. The number of halogens is 2. The average molecular weight is 344 g/mol. The summed E-state index contributed by atoms with van der Waals surface area (Å²) >= 11 is 5.94. The monoisotopic (exact) mass is 343 g/mol. The number of piperazine rings is 1. The summed E-state index contributed by atoms with van der Waals surface area (Å²) < 4.78 is 0. The molecule has 0 amide bonds. The molecule has 2 heterocycles. The number of rotatable bonds is 4. The summed E-state index contributed by atoms with van der Waals surface area (Å²) in [5, 5.41) is 4.32. The predicted octanol–water partition coefficient (Wildman–Crippen LogP) is 2.88. The summed E-state index contributed by atoms with van der Waals surface area (Å²) in [6, 6.07) is 8.25. The van der Waals surface area contributed by atoms with Crippen LogP contribution in [-0.4, -0.2) is 55.6 Å². The highest BCUT2D eigenvalue weighted by atomic mass is 35.5. The summed E-state index contributed by atoms with van der Waals surface area (Å²) in [6.07, 6.45) is 1.32. The molecule has 3 rings (SSSR count). The zero-order chi connectivity index (χ0) is 14.7. The molecule has 5 heteroatoms. The third-order valence-corrected chi connectivity index (χ3v) is 5.10. The second-order valence-corrected chi connectivity index (χ2v) is 7.35. The normalized spacial score (nSPS) is 26.8. The molecule has 0 aliphatic carbocycles. The zero-order valence-corrected chi connectivity index (χ0v) is 14.9. The van der Waals surface area contributed by atoms with Gasteiger partial charge >= 0.3 is 0 Å². The fourth-order valence-electron chi connectivity index (χ4n) is 3.50. The van der Waals surface area contributed by atoms with Crippen LogP contribution >= 0.6 is 24.0 Å². The van der Waals surface area contributed by atoms with E-state index in [4.69, 9.17) is 11.6 Å². The molecular formula is C17H27Cl2N3. The van der Waals surface area contributed by atoms with Gasteiger partial charge in [0.25, 0.3) is 0 Å². The van der Waals surface area contributed by atoms with Crippen LogP contribution in [0.3, 0.4) is 0 Å². The minimum Gasteiger partial charge on any atom is -0.316 e. The van der Waals surface area contributed by atoms with Crippen molar-refractivity contribution >= 4 is 24.0 Å². The van der Waals surface area contributed by atoms with E-state index in [9.17, 15) is 0 Å². The smallest absolute Gasteiger partial charge is 0.0406 e. The van der Waals surface area contributed by atoms with Crippen LogP contribution in [-0.2, 0) is 6.54 Å². The lowest BCUT2D eigenvalue weighted by molar-refractivity contribution is 0.0933. The van der Waals surface area contributed by atoms with E-state index in [0.717, 1.165) is 11.6 Å². The Bertz CT molecular complexity index is 449. The Hall–Kier alpha value is -0.320. The van der Waals surface area contributed by atoms with Crippen LogP contribution in [0.1, 0.15) is 18.9 Å². The fourth-order valence-corrected chi connectivity index (χ4v) is 3.62. The first-order valence-electron chi connectivity index (χ1n) is 8.03. The Kier molecular flexibility index (Phi) is 6.54. The van der Waals surface area contributed by atoms with Gasteiger partial charge in [0.15, 0.2) is 0 Å². The Balaban J connectivity index is 0.00000176. The molecule has 2 aliphatic rings. The first-order chi connectivity index (χ1) is 10.1. The maximum Gasteiger partial charge on any atom is 0.0406 e. The van der Waals surface area contributed by atoms with Crippen molar-refractivity contribution in [3.8, 4) is 0 Å². The summed E-state index contributed by atoms with van der Waals surface area (Å²) in [4.78, 5) is 5.19. The van der Waals surface area contributed by atoms with Gasteiger partial charge in [-0.1, -0.05) is 30.7 Å². The molecule has 3 nitrogen and oxygen atoms in total. The van der Waals surface area contributed by atoms with E-state index in [0.29, 0.717) is 5.41 Å². The molecule has 0 bridgehead atoms. The highest BCUT2D eigenvalue weighted by molar-refractivity contribution is 6.30. The van der Waals surface area contributed by atoms with Crippen LogP contribution in [0.5, 0.6) is 0 Å². The van der Waals surface area contributed by atoms with Gasteiger partial charge in [-0.15, -0.1) is 12.4 Å². The standard InChI is InChI=1S/C17H26ClN3.ClH/c1-17(6-7-19-13-17)14-21-10-8-20(9-11-21)12-15-2-4-16(18)5-3-15;/h2-5,19H,6-14H2,1H3;1H. The molecule has 1 aromatic carbocycles. The number of nitrogens with zero attached hydrogens (tertiary/aromatic N) is 2. The van der Waals surface area contributed by atoms with Crippen molar-refractivity contribution in [1.82, 2.24) is 15.1 Å². The van der Waals surface area contributed by atoms with Gasteiger partial charge < -0.3 is 10.2 Å². The third kappa shape index (κ3) is 4.84. The lowest BCUT2D eigenvalue weighted by Gasteiger charge is -2.38. The third-order valence-electron chi connectivity index (χ3n) is 4.85. The number of benzene rings is 1. The van der Waals surface area contributed by atoms with Crippen molar-refractivity contribution < 1.29 is 0 Å². The van der Waals surface area contributed by atoms with Crippen molar-refractivity contribution in [2.45, 2.75) is 19.9 Å². The Morgan fingerprint density at radius 2 is 1.73 bits per heavy atom. The fraction of sp³-hybridized carbons (Fsp3) is 0.647. The average Bonchev–Trinajstić information content (AvgIpc) is 2.90. The van der Waals surface area contributed by atoms with E-state index in [-0.39, 0.29) is 12.4 Å². The second kappa shape index (κ2) is 7.98. The van der Waals surface area contributed by atoms with Gasteiger partial charge in [0, 0.05) is 50.8 Å². The van der Waals surface area contributed by atoms with Gasteiger partial charge in [-0.05, 0) is 36.1 Å². The molecule has 0 aromatic heterocycles. The van der Waals surface area contributed by atoms with Gasteiger partial charge in [0.2, 0.25) is 0 Å². The Labute approximate surface area is 145 Å². The van der Waals surface area contributed by atoms with Crippen LogP contribution in [0.4, 0.5) is 0 Å². The van der Waals surface area contributed by atoms with E-state index in [1.165, 1.54) is 57.8 Å². The molecule has 0 spiro atoms. The first-order valence-corrected chi connectivity index (χ1v) is 8.41. The lowest BCUT2D eigenvalue weighted by atomic mass is 9.89. The maximum atomic E-state index is 5.94. The van der Waals surface area contributed by atoms with E-state index < -0.39 is 0 Å². The van der Waals surface area contributed by atoms with Crippen molar-refractivity contribution in [3.63, 3.8) is 0 Å². The number of nitrogens with one attached hydrogen (secondary N) is 1. The van der Waals surface area contributed by atoms with Crippen molar-refractivity contribution in [2.24, 2.45) is 5.41 Å². The van der Waals surface area contributed by atoms with E-state index in [1.807, 2.05) is 12.1 Å². The van der Waals surface area contributed by atoms with Gasteiger partial charge in [-0.3, -0.25) is 4.90 Å². The van der Waals surface area contributed by atoms with Crippen LogP contribution in [0.15, 0.2) is 24.3 Å². The van der Waals surface area contributed by atoms with Crippen LogP contribution < -0.4 is 5.32 Å². The molecule has 2 aliphatic heterocycles. The van der Waals surface area contributed by atoms with Gasteiger partial charge in [-0.2, -0.15) is 0 Å². The zero-order valence-electron chi connectivity index (χ0n) is 13.4. The first kappa shape index (κ1) is 18.0. The van der Waals surface area contributed by atoms with Crippen LogP contribution in [0.2, 0.25) is 5.02 Å². The van der Waals surface area contributed by atoms with Gasteiger partial charge in [-0.25, -0.2) is 0 Å². The van der Waals surface area contributed by atoms with Crippen LogP contribution in [0, 0.1) is 5.41 Å². The lowest BCUT2D eigenvalue weighted by Crippen LogP contribution is -2.49. The predicted molar refractivity (Wildman–Crippen MR) is 96.0 cm³/mol. The number of hydrogen-bond acceptors (Lipinski definition) is 3. The summed E-state index contributed by atoms with van der Waals surface area (Å²) in [5.41, 5.74) is 1.85. The molecule has 22 heavy (non-hydrogen) atoms. The summed E-state index contributed by atoms with van der Waals surface area (Å²) in [5.74, 6) is 0. The van der Waals surface area contributed by atoms with Crippen LogP contribution in [0.25, 0.3) is 0 Å². The largest absolute Gasteiger partial charge is 0.316 e. The van der Waals surface area contributed by atoms with Gasteiger partial charge in [0.05, 0.1) is 0 Å². The maximum absolute atomic E-state index is 5.94. The molecule has 1 atom stereocenters. The van der Waals surface area contributed by atoms with Crippen molar-refractivity contribution in [1.29, 1.82) is 0 Å². The molecule has 2 fully saturated rings. The SMILES string of the molecule is CC1(CN2CCN(Cc3ccc(Cl)cc3)CC2)CCNC1.Cl. The molecule has 0 saturated carbocycles. The molecular weight excluding hydrogens is 317 g/mol. The van der Waals surface area contributed by atoms with Crippen molar-refractivity contribution in [2.75, 3.05) is 45.8 Å². The van der Waals surface area contributed by atoms with E-state index in [1.54, 1.807) is 0 Å². The minimum atomic E-state index is 0. The van der Waals surface area contributed by atoms with E-state index >= 15 is 0 Å². The topological polar surface area (TPSA) is 18.5 Å². The Morgan fingerprint density at radius 1 is 1.09 bits per heavy atom. The second-order valence-electron chi connectivity index (χ2n) is 6.92. The summed E-state index contributed by atoms with van der Waals surface area (Å²) in [6.45, 7) is 11.8. The van der Waals surface area contributed by atoms with Crippen molar-refractivity contribution in [3.05, 3.63) is 34.9 Å². The highest BCUT2D eigenvalue weighted by Crippen LogP contribution is 2.26. The molecule has 1 aromatic rings. The quantitative estimate of drug-likeness (QED) is 0.906. The molecule has 2 saturated heterocycles. The molecule has 1 N–H and O–H groups in total. The number of hydrogen-bond donors (Lipinski definition) is 1.